The number of ether oxygens (including phenoxy) is 1. The summed E-state index contributed by atoms with van der Waals surface area (Å²) in [5.74, 6) is 2.85. The molecule has 1 aromatic rings. The first-order chi connectivity index (χ1) is 9.02. The average molecular weight is 278 g/mol. The van der Waals surface area contributed by atoms with Crippen molar-refractivity contribution in [3.63, 3.8) is 0 Å². The van der Waals surface area contributed by atoms with Gasteiger partial charge in [0.05, 0.1) is 7.11 Å². The van der Waals surface area contributed by atoms with Gasteiger partial charge in [0, 0.05) is 11.7 Å². The molecule has 1 saturated heterocycles. The molecule has 1 aliphatic heterocycles. The Bertz CT molecular complexity index is 468. The monoisotopic (exact) mass is 278 g/mol. The molecular weight excluding hydrogens is 256 g/mol. The fraction of sp³-hybridized carbons (Fsp3) is 0.562. The van der Waals surface area contributed by atoms with Crippen molar-refractivity contribution < 1.29 is 9.53 Å². The Morgan fingerprint density at radius 2 is 2.11 bits per heavy atom. The van der Waals surface area contributed by atoms with E-state index in [2.05, 4.69) is 39.0 Å². The molecule has 2 atom stereocenters. The van der Waals surface area contributed by atoms with Crippen LogP contribution < -0.4 is 4.74 Å². The van der Waals surface area contributed by atoms with Crippen LogP contribution in [0, 0.1) is 18.8 Å². The second kappa shape index (κ2) is 6.00. The zero-order chi connectivity index (χ0) is 14.0. The summed E-state index contributed by atoms with van der Waals surface area (Å²) in [6, 6.07) is 6.37. The second-order valence-corrected chi connectivity index (χ2v) is 6.68. The molecule has 0 bridgehead atoms. The van der Waals surface area contributed by atoms with Gasteiger partial charge >= 0.3 is 0 Å². The Balaban J connectivity index is 2.25. The first kappa shape index (κ1) is 14.4. The summed E-state index contributed by atoms with van der Waals surface area (Å²) >= 11 is 1.49. The number of carbonyl (C=O) groups is 1. The van der Waals surface area contributed by atoms with Gasteiger partial charge in [-0.25, -0.2) is 0 Å². The maximum Gasteiger partial charge on any atom is 0.192 e. The summed E-state index contributed by atoms with van der Waals surface area (Å²) in [6.07, 6.45) is 0.947. The van der Waals surface area contributed by atoms with Crippen molar-refractivity contribution in [1.29, 1.82) is 0 Å². The number of carbonyl (C=O) groups excluding carboxylic acids is 1. The topological polar surface area (TPSA) is 26.3 Å². The molecule has 0 amide bonds. The fourth-order valence-corrected chi connectivity index (χ4v) is 3.94. The van der Waals surface area contributed by atoms with Crippen molar-refractivity contribution in [2.24, 2.45) is 11.8 Å². The average Bonchev–Trinajstić information content (AvgIpc) is 2.39. The highest BCUT2D eigenvalue weighted by Gasteiger charge is 2.33. The third-order valence-electron chi connectivity index (χ3n) is 3.90. The van der Waals surface area contributed by atoms with Gasteiger partial charge in [-0.05, 0) is 42.4 Å². The first-order valence-corrected chi connectivity index (χ1v) is 7.82. The first-order valence-electron chi connectivity index (χ1n) is 6.84. The number of benzene rings is 1. The zero-order valence-corrected chi connectivity index (χ0v) is 12.9. The van der Waals surface area contributed by atoms with Crippen molar-refractivity contribution >= 4 is 16.9 Å². The smallest absolute Gasteiger partial charge is 0.192 e. The molecule has 1 fully saturated rings. The minimum absolute atomic E-state index is 0.176. The maximum absolute atomic E-state index is 12.0. The Morgan fingerprint density at radius 1 is 1.37 bits per heavy atom. The largest absolute Gasteiger partial charge is 0.496 e. The number of methoxy groups -OCH3 is 1. The summed E-state index contributed by atoms with van der Waals surface area (Å²) in [5.41, 5.74) is 2.46. The molecule has 2 rings (SSSR count). The molecule has 1 aromatic carbocycles. The molecule has 0 N–H and O–H groups in total. The molecule has 0 unspecified atom stereocenters. The van der Waals surface area contributed by atoms with Crippen LogP contribution in [-0.4, -0.2) is 18.0 Å². The van der Waals surface area contributed by atoms with Crippen molar-refractivity contribution in [2.75, 3.05) is 12.9 Å². The molecule has 19 heavy (non-hydrogen) atoms. The van der Waals surface area contributed by atoms with Crippen LogP contribution >= 0.6 is 11.8 Å². The van der Waals surface area contributed by atoms with Crippen LogP contribution in [-0.2, 0) is 4.79 Å². The summed E-state index contributed by atoms with van der Waals surface area (Å²) in [6.45, 7) is 6.35. The van der Waals surface area contributed by atoms with E-state index >= 15 is 0 Å². The van der Waals surface area contributed by atoms with E-state index in [9.17, 15) is 4.79 Å². The normalized spacial score (nSPS) is 23.7. The van der Waals surface area contributed by atoms with Gasteiger partial charge in [0.1, 0.15) is 5.75 Å². The van der Waals surface area contributed by atoms with Crippen LogP contribution in [0.2, 0.25) is 0 Å². The minimum atomic E-state index is 0.176. The highest BCUT2D eigenvalue weighted by atomic mass is 32.2. The minimum Gasteiger partial charge on any atom is -0.496 e. The lowest BCUT2D eigenvalue weighted by atomic mass is 9.84. The molecule has 104 valence electrons. The summed E-state index contributed by atoms with van der Waals surface area (Å²) in [5, 5.41) is 0.359. The van der Waals surface area contributed by atoms with Crippen LogP contribution in [0.1, 0.15) is 37.3 Å². The van der Waals surface area contributed by atoms with Gasteiger partial charge in [-0.3, -0.25) is 4.79 Å². The van der Waals surface area contributed by atoms with E-state index in [4.69, 9.17) is 4.74 Å². The number of thioether (sulfide) groups is 1. The van der Waals surface area contributed by atoms with E-state index in [1.165, 1.54) is 22.9 Å². The van der Waals surface area contributed by atoms with E-state index < -0.39 is 0 Å². The zero-order valence-electron chi connectivity index (χ0n) is 12.1. The van der Waals surface area contributed by atoms with E-state index in [1.807, 2.05) is 0 Å². The Hall–Kier alpha value is -0.960. The van der Waals surface area contributed by atoms with Crippen molar-refractivity contribution in [3.8, 4) is 5.75 Å². The van der Waals surface area contributed by atoms with Gasteiger partial charge < -0.3 is 4.74 Å². The van der Waals surface area contributed by atoms with Crippen molar-refractivity contribution in [2.45, 2.75) is 33.1 Å². The fourth-order valence-electron chi connectivity index (χ4n) is 2.68. The van der Waals surface area contributed by atoms with E-state index in [1.54, 1.807) is 7.11 Å². The molecule has 0 radical (unpaired) electrons. The number of hydrogen-bond acceptors (Lipinski definition) is 3. The molecule has 1 aliphatic rings. The van der Waals surface area contributed by atoms with Gasteiger partial charge in [-0.15, -0.1) is 0 Å². The van der Waals surface area contributed by atoms with Crippen LogP contribution in [0.5, 0.6) is 5.75 Å². The third kappa shape index (κ3) is 3.14. The van der Waals surface area contributed by atoms with Crippen LogP contribution in [0.3, 0.4) is 0 Å². The van der Waals surface area contributed by atoms with E-state index in [0.717, 1.165) is 17.9 Å². The molecular formula is C16H22O2S. The van der Waals surface area contributed by atoms with Gasteiger partial charge in [-0.2, -0.15) is 0 Å². The van der Waals surface area contributed by atoms with Gasteiger partial charge in [0.15, 0.2) is 5.12 Å². The number of hydrogen-bond donors (Lipinski definition) is 0. The van der Waals surface area contributed by atoms with Crippen molar-refractivity contribution in [3.05, 3.63) is 29.3 Å². The molecule has 3 heteroatoms. The molecule has 2 nitrogen and oxygen atoms in total. The quantitative estimate of drug-likeness (QED) is 0.835. The van der Waals surface area contributed by atoms with Crippen molar-refractivity contribution in [1.82, 2.24) is 0 Å². The molecule has 0 saturated carbocycles. The van der Waals surface area contributed by atoms with Gasteiger partial charge in [-0.1, -0.05) is 37.7 Å². The molecule has 0 aliphatic carbocycles. The lowest BCUT2D eigenvalue weighted by molar-refractivity contribution is -0.116. The van der Waals surface area contributed by atoms with Gasteiger partial charge in [0.2, 0.25) is 0 Å². The Morgan fingerprint density at radius 3 is 2.74 bits per heavy atom. The Labute approximate surface area is 119 Å². The van der Waals surface area contributed by atoms with Crippen LogP contribution in [0.4, 0.5) is 0 Å². The highest BCUT2D eigenvalue weighted by molar-refractivity contribution is 8.13. The van der Waals surface area contributed by atoms with E-state index in [-0.39, 0.29) is 5.92 Å². The molecule has 0 aromatic heterocycles. The SMILES string of the molecule is COc1cc(C)ccc1[C@@H]1CSC(=O)[C@H](C(C)C)C1. The van der Waals surface area contributed by atoms with E-state index in [0.29, 0.717) is 17.0 Å². The Kier molecular flexibility index (Phi) is 4.56. The predicted molar refractivity (Wildman–Crippen MR) is 80.9 cm³/mol. The second-order valence-electron chi connectivity index (χ2n) is 5.66. The summed E-state index contributed by atoms with van der Waals surface area (Å²) in [7, 11) is 1.72. The number of aryl methyl sites for hydroxylation is 1. The van der Waals surface area contributed by atoms with Crippen LogP contribution in [0.15, 0.2) is 18.2 Å². The lowest BCUT2D eigenvalue weighted by Gasteiger charge is -2.30. The molecule has 1 heterocycles. The van der Waals surface area contributed by atoms with Gasteiger partial charge in [0.25, 0.3) is 0 Å². The maximum atomic E-state index is 12.0. The van der Waals surface area contributed by atoms with Crippen LogP contribution in [0.25, 0.3) is 0 Å². The summed E-state index contributed by atoms with van der Waals surface area (Å²) < 4.78 is 5.51. The highest BCUT2D eigenvalue weighted by Crippen LogP contribution is 2.41. The predicted octanol–water partition coefficient (Wildman–Crippen LogP) is 4.02. The summed E-state index contributed by atoms with van der Waals surface area (Å²) in [4.78, 5) is 12.0. The molecule has 0 spiro atoms. The third-order valence-corrected chi connectivity index (χ3v) is 5.06. The standard InChI is InChI=1S/C16H22O2S/c1-10(2)14-8-12(9-19-16(14)17)13-6-5-11(3)7-15(13)18-4/h5-7,10,12,14H,8-9H2,1-4H3/t12-,14-/m0/s1. The lowest BCUT2D eigenvalue weighted by Crippen LogP contribution is -2.27. The number of rotatable bonds is 3.